The predicted molar refractivity (Wildman–Crippen MR) is 102 cm³/mol. The monoisotopic (exact) mass is 432 g/mol. The molecule has 4 heteroatoms. The molecule has 0 fully saturated rings. The van der Waals surface area contributed by atoms with Gasteiger partial charge in [-0.25, -0.2) is 0 Å². The summed E-state index contributed by atoms with van der Waals surface area (Å²) < 4.78 is 0. The summed E-state index contributed by atoms with van der Waals surface area (Å²) in [5.74, 6) is 0. The Kier molecular flexibility index (Phi) is 10.2. The van der Waals surface area contributed by atoms with Crippen molar-refractivity contribution >= 4 is 34.8 Å². The molecule has 0 aliphatic rings. The van der Waals surface area contributed by atoms with Crippen LogP contribution < -0.4 is 14.7 Å². The molecule has 25 heavy (non-hydrogen) atoms. The van der Waals surface area contributed by atoms with Gasteiger partial charge >= 0.3 is 26.2 Å². The third-order valence-electron chi connectivity index (χ3n) is 3.88. The molecule has 0 unspecified atom stereocenters. The van der Waals surface area contributed by atoms with Gasteiger partial charge in [0.05, 0.1) is 0 Å². The van der Waals surface area contributed by atoms with Gasteiger partial charge < -0.3 is 9.41 Å². The summed E-state index contributed by atoms with van der Waals surface area (Å²) in [4.78, 5) is 0. The first-order chi connectivity index (χ1) is 10.6. The van der Waals surface area contributed by atoms with E-state index in [1.807, 2.05) is 0 Å². The fraction of sp³-hybridized carbons (Fsp3) is 0.143. The van der Waals surface area contributed by atoms with Crippen LogP contribution in [0, 0.1) is 6.92 Å². The molecule has 4 aromatic rings. The predicted octanol–water partition coefficient (Wildman–Crippen LogP) is -0.202. The van der Waals surface area contributed by atoms with Crippen LogP contribution in [-0.2, 0) is 26.2 Å². The van der Waals surface area contributed by atoms with E-state index in [1.165, 1.54) is 32.4 Å². The number of rotatable bonds is 1. The van der Waals surface area contributed by atoms with Crippen LogP contribution >= 0.6 is 7.92 Å². The molecule has 0 nitrogen and oxygen atoms in total. The number of hydrogen-bond acceptors (Lipinski definition) is 0. The van der Waals surface area contributed by atoms with Gasteiger partial charge in [-0.05, 0) is 13.3 Å². The SMILES string of the molecule is CP(C)c1cc2ccccc2[cH-]1.Cc1cc2ccccc2[cH-]1.[F-].[F-].[Zr+4]. The third-order valence-corrected chi connectivity index (χ3v) is 5.17. The standard InChI is InChI=1S/C11H12P.C10H9.2FH.Zr/c1-12(2)11-7-9-5-3-4-6-10(9)8-11;1-8-6-9-4-2-3-5-10(9)7-8;;;/h3-8H,1-2H3;2-7H,1H3;2*1H;/q2*-1;;;+4/p-2. The van der Waals surface area contributed by atoms with Crippen molar-refractivity contribution in [3.05, 3.63) is 78.4 Å². The van der Waals surface area contributed by atoms with Gasteiger partial charge in [-0.2, -0.15) is 12.1 Å². The summed E-state index contributed by atoms with van der Waals surface area (Å²) >= 11 is 0. The third kappa shape index (κ3) is 5.94. The average molecular weight is 434 g/mol. The molecule has 0 aromatic heterocycles. The Labute approximate surface area is 168 Å². The minimum absolute atomic E-state index is 0. The average Bonchev–Trinajstić information content (AvgIpc) is 3.09. The fourth-order valence-corrected chi connectivity index (χ4v) is 3.49. The molecule has 0 spiro atoms. The van der Waals surface area contributed by atoms with E-state index in [2.05, 4.69) is 93.0 Å². The Morgan fingerprint density at radius 2 is 1.20 bits per heavy atom. The van der Waals surface area contributed by atoms with E-state index < -0.39 is 0 Å². The van der Waals surface area contributed by atoms with Crippen LogP contribution in [0.25, 0.3) is 21.5 Å². The molecule has 0 aliphatic heterocycles. The van der Waals surface area contributed by atoms with Gasteiger partial charge in [0.25, 0.3) is 0 Å². The molecule has 0 bridgehead atoms. The van der Waals surface area contributed by atoms with Gasteiger partial charge in [0.2, 0.25) is 0 Å². The largest absolute Gasteiger partial charge is 4.00 e. The molecule has 0 radical (unpaired) electrons. The molecule has 0 atom stereocenters. The van der Waals surface area contributed by atoms with E-state index in [9.17, 15) is 0 Å². The van der Waals surface area contributed by atoms with Crippen LogP contribution in [0.1, 0.15) is 5.56 Å². The first-order valence-corrected chi connectivity index (χ1v) is 9.82. The molecule has 0 N–H and O–H groups in total. The van der Waals surface area contributed by atoms with Crippen molar-refractivity contribution in [1.29, 1.82) is 0 Å². The smallest absolute Gasteiger partial charge is 1.00 e. The number of benzene rings is 2. The number of aryl methyl sites for hydroxylation is 1. The van der Waals surface area contributed by atoms with Gasteiger partial charge in [0.1, 0.15) is 0 Å². The topological polar surface area (TPSA) is 0 Å². The Morgan fingerprint density at radius 3 is 1.68 bits per heavy atom. The Morgan fingerprint density at radius 1 is 0.720 bits per heavy atom. The van der Waals surface area contributed by atoms with E-state index >= 15 is 0 Å². The second-order valence-corrected chi connectivity index (χ2v) is 8.20. The maximum atomic E-state index is 2.31. The number of fused-ring (bicyclic) bond motifs is 2. The van der Waals surface area contributed by atoms with Crippen LogP contribution in [0.3, 0.4) is 0 Å². The van der Waals surface area contributed by atoms with Crippen molar-refractivity contribution in [2.75, 3.05) is 13.3 Å². The zero-order valence-corrected chi connectivity index (χ0v) is 18.0. The Hall–Kier alpha value is -1.17. The van der Waals surface area contributed by atoms with E-state index in [4.69, 9.17) is 0 Å². The Balaban J connectivity index is 0.000000416. The van der Waals surface area contributed by atoms with Crippen LogP contribution in [0.15, 0.2) is 72.8 Å². The summed E-state index contributed by atoms with van der Waals surface area (Å²) in [6, 6.07) is 26.0. The summed E-state index contributed by atoms with van der Waals surface area (Å²) in [5, 5.41) is 6.96. The molecule has 4 rings (SSSR count). The van der Waals surface area contributed by atoms with E-state index in [0.29, 0.717) is 0 Å². The van der Waals surface area contributed by atoms with Crippen molar-refractivity contribution in [2.24, 2.45) is 0 Å². The number of hydrogen-bond donors (Lipinski definition) is 0. The van der Waals surface area contributed by atoms with Crippen LogP contribution in [0.4, 0.5) is 0 Å². The quantitative estimate of drug-likeness (QED) is 0.288. The zero-order valence-electron chi connectivity index (χ0n) is 14.6. The number of halogens is 2. The first-order valence-electron chi connectivity index (χ1n) is 7.58. The van der Waals surface area contributed by atoms with E-state index in [-0.39, 0.29) is 43.5 Å². The molecule has 0 saturated heterocycles. The Bertz CT molecular complexity index is 827. The van der Waals surface area contributed by atoms with Crippen LogP contribution in [-0.4, -0.2) is 13.3 Å². The maximum Gasteiger partial charge on any atom is 4.00 e. The van der Waals surface area contributed by atoms with Crippen LogP contribution in [0.5, 0.6) is 0 Å². The summed E-state index contributed by atoms with van der Waals surface area (Å²) in [6.45, 7) is 6.72. The molecular weight excluding hydrogens is 412 g/mol. The molecule has 4 aromatic carbocycles. The zero-order chi connectivity index (χ0) is 15.5. The van der Waals surface area contributed by atoms with Crippen molar-refractivity contribution in [3.63, 3.8) is 0 Å². The molecule has 0 heterocycles. The van der Waals surface area contributed by atoms with Gasteiger partial charge in [-0.3, -0.25) is 0 Å². The molecule has 128 valence electrons. The van der Waals surface area contributed by atoms with Gasteiger partial charge in [0, 0.05) is 0 Å². The van der Waals surface area contributed by atoms with Gasteiger partial charge in [-0.15, -0.1) is 88.9 Å². The van der Waals surface area contributed by atoms with Crippen LogP contribution in [0.2, 0.25) is 0 Å². The van der Waals surface area contributed by atoms with Crippen molar-refractivity contribution in [2.45, 2.75) is 6.92 Å². The van der Waals surface area contributed by atoms with Crippen molar-refractivity contribution < 1.29 is 35.6 Å². The summed E-state index contributed by atoms with van der Waals surface area (Å²) in [5.41, 5.74) is 1.35. The molecule has 0 saturated carbocycles. The van der Waals surface area contributed by atoms with Gasteiger partial charge in [0.15, 0.2) is 0 Å². The normalized spacial score (nSPS) is 9.60. The van der Waals surface area contributed by atoms with E-state index in [1.54, 1.807) is 0 Å². The van der Waals surface area contributed by atoms with Crippen molar-refractivity contribution in [1.82, 2.24) is 0 Å². The molecule has 0 amide bonds. The summed E-state index contributed by atoms with van der Waals surface area (Å²) in [6.07, 6.45) is 0. The second kappa shape index (κ2) is 10.7. The first kappa shape index (κ1) is 23.8. The van der Waals surface area contributed by atoms with E-state index in [0.717, 1.165) is 0 Å². The summed E-state index contributed by atoms with van der Waals surface area (Å²) in [7, 11) is 0.0576. The fourth-order valence-electron chi connectivity index (χ4n) is 2.70. The molecule has 0 aliphatic carbocycles. The second-order valence-electron chi connectivity index (χ2n) is 5.90. The maximum absolute atomic E-state index is 2.31. The van der Waals surface area contributed by atoms with Gasteiger partial charge in [-0.1, -0.05) is 19.1 Å². The molecular formula is C21H21F2PZr. The minimum atomic E-state index is 0. The minimum Gasteiger partial charge on any atom is -1.00 e. The van der Waals surface area contributed by atoms with Crippen molar-refractivity contribution in [3.8, 4) is 0 Å².